The SMILES string of the molecule is CCNC(=O)c1cc(Nc2nc(-c3ccc4c(c3)N([C@H]3C[C@@H](N5CCC[C@@H](F)C5)C3)C(=O)C43CCN(C(=O)OC(C)(C)C)CC3)cc3ncn(C(C)C)c23)c(F)cc1C. The number of fused-ring (bicyclic) bond motifs is 3. The van der Waals surface area contributed by atoms with Crippen molar-refractivity contribution in [2.75, 3.05) is 42.9 Å². The van der Waals surface area contributed by atoms with E-state index in [1.807, 2.05) is 75.3 Å². The fraction of sp³-hybridized carbons (Fsp3) is 0.533. The number of aryl methyl sites for hydroxylation is 1. The molecule has 4 aliphatic rings. The Labute approximate surface area is 344 Å². The number of piperidine rings is 2. The van der Waals surface area contributed by atoms with E-state index in [1.165, 1.54) is 12.1 Å². The summed E-state index contributed by atoms with van der Waals surface area (Å²) in [6.45, 7) is 15.7. The Morgan fingerprint density at radius 3 is 2.47 bits per heavy atom. The minimum Gasteiger partial charge on any atom is -0.444 e. The Balaban J connectivity index is 1.17. The lowest BCUT2D eigenvalue weighted by atomic mass is 9.73. The van der Waals surface area contributed by atoms with Crippen LogP contribution in [-0.2, 0) is 14.9 Å². The number of nitrogens with one attached hydrogen (secondary N) is 2. The lowest BCUT2D eigenvalue weighted by molar-refractivity contribution is -0.126. The summed E-state index contributed by atoms with van der Waals surface area (Å²) < 4.78 is 37.8. The number of likely N-dealkylation sites (tertiary alicyclic amines) is 2. The van der Waals surface area contributed by atoms with Gasteiger partial charge in [-0.1, -0.05) is 12.1 Å². The van der Waals surface area contributed by atoms with E-state index in [1.54, 1.807) is 18.2 Å². The number of hydrogen-bond donors (Lipinski definition) is 2. The zero-order chi connectivity index (χ0) is 42.0. The highest BCUT2D eigenvalue weighted by Gasteiger charge is 2.56. The Hall–Kier alpha value is -5.11. The molecule has 3 amide bonds. The summed E-state index contributed by atoms with van der Waals surface area (Å²) in [5.74, 6) is -0.398. The highest BCUT2D eigenvalue weighted by Crippen LogP contribution is 2.52. The molecule has 0 bridgehead atoms. The van der Waals surface area contributed by atoms with Gasteiger partial charge < -0.3 is 29.7 Å². The first-order chi connectivity index (χ1) is 28.1. The fourth-order valence-corrected chi connectivity index (χ4v) is 9.43. The number of carbonyl (C=O) groups excluding carboxylic acids is 3. The number of pyridine rings is 1. The first kappa shape index (κ1) is 40.7. The minimum absolute atomic E-state index is 0.0199. The normalized spacial score (nSPS) is 21.9. The van der Waals surface area contributed by atoms with Gasteiger partial charge in [-0.25, -0.2) is 23.5 Å². The van der Waals surface area contributed by atoms with Gasteiger partial charge in [-0.15, -0.1) is 0 Å². The van der Waals surface area contributed by atoms with Gasteiger partial charge in [0, 0.05) is 61.1 Å². The number of halogens is 2. The third-order valence-corrected chi connectivity index (χ3v) is 12.6. The number of benzene rings is 2. The van der Waals surface area contributed by atoms with Crippen molar-refractivity contribution in [3.8, 4) is 11.3 Å². The number of alkyl halides is 1. The third-order valence-electron chi connectivity index (χ3n) is 12.6. The summed E-state index contributed by atoms with van der Waals surface area (Å²) in [4.78, 5) is 56.7. The van der Waals surface area contributed by atoms with Gasteiger partial charge in [-0.05, 0) is 129 Å². The van der Waals surface area contributed by atoms with Gasteiger partial charge in [0.1, 0.15) is 23.1 Å². The maximum absolute atomic E-state index is 15.7. The Morgan fingerprint density at radius 1 is 1.05 bits per heavy atom. The van der Waals surface area contributed by atoms with Crippen molar-refractivity contribution in [3.63, 3.8) is 0 Å². The van der Waals surface area contributed by atoms with Crippen LogP contribution in [0, 0.1) is 12.7 Å². The molecule has 2 N–H and O–H groups in total. The molecular weight excluding hydrogens is 755 g/mol. The molecule has 3 fully saturated rings. The summed E-state index contributed by atoms with van der Waals surface area (Å²) in [7, 11) is 0. The largest absolute Gasteiger partial charge is 0.444 e. The van der Waals surface area contributed by atoms with E-state index in [4.69, 9.17) is 14.7 Å². The number of carbonyl (C=O) groups is 3. The van der Waals surface area contributed by atoms with E-state index in [-0.39, 0.29) is 41.7 Å². The molecule has 14 heteroatoms. The number of anilines is 3. The lowest BCUT2D eigenvalue weighted by Gasteiger charge is -2.48. The molecule has 8 rings (SSSR count). The molecule has 12 nitrogen and oxygen atoms in total. The molecule has 0 unspecified atom stereocenters. The first-order valence-corrected chi connectivity index (χ1v) is 21.1. The van der Waals surface area contributed by atoms with Crippen molar-refractivity contribution in [2.45, 2.75) is 122 Å². The second kappa shape index (κ2) is 15.5. The van der Waals surface area contributed by atoms with E-state index in [9.17, 15) is 18.8 Å². The van der Waals surface area contributed by atoms with E-state index in [0.29, 0.717) is 79.1 Å². The highest BCUT2D eigenvalue weighted by atomic mass is 19.1. The van der Waals surface area contributed by atoms with Crippen LogP contribution in [0.4, 0.5) is 30.8 Å². The van der Waals surface area contributed by atoms with Crippen LogP contribution in [0.3, 0.4) is 0 Å². The van der Waals surface area contributed by atoms with Crippen molar-refractivity contribution in [2.24, 2.45) is 0 Å². The topological polar surface area (TPSA) is 125 Å². The van der Waals surface area contributed by atoms with Gasteiger partial charge in [0.25, 0.3) is 5.91 Å². The summed E-state index contributed by atoms with van der Waals surface area (Å²) in [6, 6.07) is 11.0. The summed E-state index contributed by atoms with van der Waals surface area (Å²) in [5.41, 5.74) is 3.98. The number of rotatable bonds is 8. The predicted molar refractivity (Wildman–Crippen MR) is 224 cm³/mol. The van der Waals surface area contributed by atoms with Gasteiger partial charge in [-0.2, -0.15) is 0 Å². The molecule has 4 aromatic rings. The lowest BCUT2D eigenvalue weighted by Crippen LogP contribution is -2.59. The predicted octanol–water partition coefficient (Wildman–Crippen LogP) is 8.20. The Morgan fingerprint density at radius 2 is 1.80 bits per heavy atom. The highest BCUT2D eigenvalue weighted by molar-refractivity contribution is 6.09. The second-order valence-corrected chi connectivity index (χ2v) is 18.1. The molecule has 1 atom stereocenters. The van der Waals surface area contributed by atoms with Crippen molar-refractivity contribution in [1.29, 1.82) is 0 Å². The summed E-state index contributed by atoms with van der Waals surface area (Å²) >= 11 is 0. The molecule has 314 valence electrons. The molecule has 1 saturated carbocycles. The molecule has 5 heterocycles. The monoisotopic (exact) mass is 810 g/mol. The molecular formula is C45H56F2N8O4. The Kier molecular flexibility index (Phi) is 10.7. The summed E-state index contributed by atoms with van der Waals surface area (Å²) in [6.07, 6.45) is 4.42. The van der Waals surface area contributed by atoms with Crippen LogP contribution >= 0.6 is 0 Å². The van der Waals surface area contributed by atoms with Gasteiger partial charge in [0.05, 0.1) is 28.6 Å². The summed E-state index contributed by atoms with van der Waals surface area (Å²) in [5, 5.41) is 6.03. The van der Waals surface area contributed by atoms with Crippen molar-refractivity contribution >= 4 is 46.1 Å². The number of nitrogens with zero attached hydrogens (tertiary/aromatic N) is 6. The van der Waals surface area contributed by atoms with Crippen LogP contribution in [0.1, 0.15) is 108 Å². The number of ether oxygens (including phenoxy) is 1. The van der Waals surface area contributed by atoms with Crippen LogP contribution in [0.2, 0.25) is 0 Å². The Bertz CT molecular complexity index is 2290. The van der Waals surface area contributed by atoms with Crippen molar-refractivity contribution in [1.82, 2.24) is 29.7 Å². The van der Waals surface area contributed by atoms with E-state index in [0.717, 1.165) is 42.6 Å². The number of amides is 3. The van der Waals surface area contributed by atoms with E-state index >= 15 is 4.39 Å². The van der Waals surface area contributed by atoms with Crippen LogP contribution in [0.5, 0.6) is 0 Å². The maximum atomic E-state index is 15.7. The van der Waals surface area contributed by atoms with Crippen LogP contribution in [-0.4, -0.2) is 98.8 Å². The standard InChI is InChI=1S/C45H56F2N8O4/c1-8-48-41(56)32-22-36(34(47)18-27(32)4)51-40-39-37(49-25-54(39)26(2)3)23-35(50-40)28-11-12-33-38(19-28)55(31-20-30(21-31)53-15-9-10-29(46)24-53)42(57)45(33)13-16-52(17-14-45)43(58)59-44(5,6)7/h11-12,18-19,22-23,25-26,29-31H,8-10,13-17,20-21,24H2,1-7H3,(H,48,56)(H,50,51)/t29-,30-,31+/m1/s1. The average molecular weight is 811 g/mol. The average Bonchev–Trinajstić information content (AvgIpc) is 3.69. The first-order valence-electron chi connectivity index (χ1n) is 21.1. The fourth-order valence-electron chi connectivity index (χ4n) is 9.43. The molecule has 3 aliphatic heterocycles. The zero-order valence-electron chi connectivity index (χ0n) is 35.2. The molecule has 2 aromatic heterocycles. The minimum atomic E-state index is -0.820. The second-order valence-electron chi connectivity index (χ2n) is 18.1. The maximum Gasteiger partial charge on any atom is 0.410 e. The molecule has 2 saturated heterocycles. The molecule has 0 radical (unpaired) electrons. The molecule has 2 aromatic carbocycles. The van der Waals surface area contributed by atoms with Crippen molar-refractivity contribution in [3.05, 3.63) is 65.2 Å². The number of hydrogen-bond acceptors (Lipinski definition) is 8. The molecule has 59 heavy (non-hydrogen) atoms. The van der Waals surface area contributed by atoms with E-state index in [2.05, 4.69) is 15.5 Å². The van der Waals surface area contributed by atoms with Gasteiger partial charge >= 0.3 is 6.09 Å². The van der Waals surface area contributed by atoms with Gasteiger partial charge in [0.15, 0.2) is 5.82 Å². The smallest absolute Gasteiger partial charge is 0.410 e. The van der Waals surface area contributed by atoms with Crippen LogP contribution in [0.15, 0.2) is 42.7 Å². The van der Waals surface area contributed by atoms with Crippen LogP contribution in [0.25, 0.3) is 22.3 Å². The molecule has 1 spiro atoms. The van der Waals surface area contributed by atoms with Crippen LogP contribution < -0.4 is 15.5 Å². The number of imidazole rings is 1. The quantitative estimate of drug-likeness (QED) is 0.183. The molecule has 1 aliphatic carbocycles. The van der Waals surface area contributed by atoms with Gasteiger partial charge in [0.2, 0.25) is 5.91 Å². The van der Waals surface area contributed by atoms with Crippen molar-refractivity contribution < 1.29 is 27.9 Å². The van der Waals surface area contributed by atoms with Gasteiger partial charge in [-0.3, -0.25) is 14.5 Å². The number of aromatic nitrogens is 3. The third kappa shape index (κ3) is 7.53. The van der Waals surface area contributed by atoms with E-state index < -0.39 is 23.0 Å². The zero-order valence-corrected chi connectivity index (χ0v) is 35.2.